The van der Waals surface area contributed by atoms with Crippen LogP contribution in [-0.2, 0) is 0 Å². The van der Waals surface area contributed by atoms with E-state index in [4.69, 9.17) is 11.5 Å². The molecule has 6 N–H and O–H groups in total. The fourth-order valence-electron chi connectivity index (χ4n) is 3.82. The Morgan fingerprint density at radius 3 is 1.39 bits per heavy atom. The number of anilines is 2. The summed E-state index contributed by atoms with van der Waals surface area (Å²) in [5.41, 5.74) is 17.5. The topological polar surface area (TPSA) is 119 Å². The van der Waals surface area contributed by atoms with Gasteiger partial charge in [-0.25, -0.2) is 0 Å². The first-order valence-electron chi connectivity index (χ1n) is 10.2. The maximum Gasteiger partial charge on any atom is 0.0745 e. The summed E-state index contributed by atoms with van der Waals surface area (Å²) in [6.45, 7) is 0. The predicted molar refractivity (Wildman–Crippen MR) is 135 cm³/mol. The van der Waals surface area contributed by atoms with Crippen LogP contribution >= 0.6 is 0 Å². The number of pyridine rings is 2. The van der Waals surface area contributed by atoms with E-state index in [1.54, 1.807) is 24.8 Å². The second-order valence-corrected chi connectivity index (χ2v) is 7.36. The van der Waals surface area contributed by atoms with Gasteiger partial charge in [0.25, 0.3) is 0 Å². The molecule has 4 aromatic heterocycles. The molecule has 0 aliphatic heterocycles. The minimum Gasteiger partial charge on any atom is -0.412 e. The van der Waals surface area contributed by atoms with Gasteiger partial charge in [0.05, 0.1) is 46.2 Å². The van der Waals surface area contributed by atoms with E-state index in [9.17, 15) is 0 Å². The minimum atomic E-state index is 0. The molecule has 0 amide bonds. The maximum atomic E-state index is 5.92. The highest BCUT2D eigenvalue weighted by Crippen LogP contribution is 2.24. The van der Waals surface area contributed by atoms with Crippen LogP contribution in [0.5, 0.6) is 0 Å². The fraction of sp³-hybridized carbons (Fsp3) is 0. The van der Waals surface area contributed by atoms with Crippen LogP contribution in [0, 0.1) is 0 Å². The number of para-hydroxylation sites is 2. The van der Waals surface area contributed by atoms with Crippen molar-refractivity contribution in [1.29, 1.82) is 0 Å². The quantitative estimate of drug-likeness (QED) is 0.418. The van der Waals surface area contributed by atoms with Crippen LogP contribution in [0.25, 0.3) is 33.2 Å². The van der Waals surface area contributed by atoms with Crippen molar-refractivity contribution in [2.75, 3.05) is 11.5 Å². The van der Waals surface area contributed by atoms with E-state index in [1.165, 1.54) is 10.8 Å². The molecular weight excluding hydrogens is 412 g/mol. The maximum absolute atomic E-state index is 5.92. The van der Waals surface area contributed by atoms with Crippen LogP contribution in [-0.4, -0.2) is 24.6 Å². The number of nitrogens with two attached hydrogens (primary N) is 2. The minimum absolute atomic E-state index is 0. The van der Waals surface area contributed by atoms with Crippen molar-refractivity contribution < 1.29 is 5.48 Å². The third-order valence-corrected chi connectivity index (χ3v) is 5.37. The van der Waals surface area contributed by atoms with E-state index in [-0.39, 0.29) is 5.48 Å². The molecular formula is C26H24N6O. The molecule has 2 aromatic carbocycles. The lowest BCUT2D eigenvalue weighted by molar-refractivity contribution is 0.824. The highest BCUT2D eigenvalue weighted by Gasteiger charge is 2.05. The summed E-state index contributed by atoms with van der Waals surface area (Å²) in [4.78, 5) is 7.99. The molecule has 4 heterocycles. The Hall–Kier alpha value is -4.62. The number of hydrogen-bond acceptors (Lipinski definition) is 4. The first-order chi connectivity index (χ1) is 15.7. The Labute approximate surface area is 190 Å². The normalized spacial score (nSPS) is 10.4. The highest BCUT2D eigenvalue weighted by molar-refractivity contribution is 5.83. The molecule has 7 heteroatoms. The van der Waals surface area contributed by atoms with Crippen LogP contribution in [0.15, 0.2) is 110 Å². The number of nitrogens with zero attached hydrogens (tertiary/aromatic N) is 4. The summed E-state index contributed by atoms with van der Waals surface area (Å²) in [6.07, 6.45) is 10.9. The van der Waals surface area contributed by atoms with E-state index in [0.717, 1.165) is 22.4 Å². The summed E-state index contributed by atoms with van der Waals surface area (Å²) in [7, 11) is 0. The van der Waals surface area contributed by atoms with Crippen molar-refractivity contribution >= 4 is 33.2 Å². The first-order valence-corrected chi connectivity index (χ1v) is 10.2. The molecule has 0 aliphatic carbocycles. The molecule has 0 saturated carbocycles. The monoisotopic (exact) mass is 436 g/mol. The van der Waals surface area contributed by atoms with Gasteiger partial charge in [-0.1, -0.05) is 36.4 Å². The molecule has 6 rings (SSSR count). The molecule has 0 spiro atoms. The third kappa shape index (κ3) is 4.13. The van der Waals surface area contributed by atoms with Gasteiger partial charge in [-0.05, 0) is 47.2 Å². The van der Waals surface area contributed by atoms with Gasteiger partial charge in [0, 0.05) is 24.8 Å². The summed E-state index contributed by atoms with van der Waals surface area (Å²) < 4.78 is 4.15. The van der Waals surface area contributed by atoms with Crippen molar-refractivity contribution in [2.45, 2.75) is 0 Å². The molecule has 0 saturated heterocycles. The lowest BCUT2D eigenvalue weighted by atomic mass is 10.2. The van der Waals surface area contributed by atoms with E-state index >= 15 is 0 Å². The number of nitrogen functional groups attached to an aromatic ring is 2. The van der Waals surface area contributed by atoms with Gasteiger partial charge in [0.2, 0.25) is 0 Å². The van der Waals surface area contributed by atoms with E-state index in [0.29, 0.717) is 11.4 Å². The summed E-state index contributed by atoms with van der Waals surface area (Å²) in [5, 5.41) is 2.41. The SMILES string of the molecule is Nc1cnccc1-n1ccc2ccccc21.Nc1cnccc1-n1ccc2ccccc21.O. The van der Waals surface area contributed by atoms with Crippen molar-refractivity contribution in [3.63, 3.8) is 0 Å². The van der Waals surface area contributed by atoms with Crippen molar-refractivity contribution in [3.05, 3.63) is 110 Å². The van der Waals surface area contributed by atoms with Gasteiger partial charge in [-0.15, -0.1) is 0 Å². The van der Waals surface area contributed by atoms with Gasteiger partial charge in [0.1, 0.15) is 0 Å². The molecule has 0 radical (unpaired) electrons. The number of benzene rings is 2. The van der Waals surface area contributed by atoms with Gasteiger partial charge in [0.15, 0.2) is 0 Å². The van der Waals surface area contributed by atoms with Crippen LogP contribution in [0.2, 0.25) is 0 Å². The number of hydrogen-bond donors (Lipinski definition) is 2. The molecule has 7 nitrogen and oxygen atoms in total. The summed E-state index contributed by atoms with van der Waals surface area (Å²) in [6, 6.07) is 24.4. The summed E-state index contributed by atoms with van der Waals surface area (Å²) in [5.74, 6) is 0. The molecule has 0 aliphatic rings. The second-order valence-electron chi connectivity index (χ2n) is 7.36. The van der Waals surface area contributed by atoms with E-state index < -0.39 is 0 Å². The molecule has 0 fully saturated rings. The zero-order valence-electron chi connectivity index (χ0n) is 17.8. The molecule has 33 heavy (non-hydrogen) atoms. The standard InChI is InChI=1S/2C13H11N3.H2O/c2*14-11-9-15-7-5-13(11)16-8-6-10-3-1-2-4-12(10)16;/h2*1-9H,14H2;1H2. The van der Waals surface area contributed by atoms with E-state index in [2.05, 4.69) is 55.5 Å². The highest BCUT2D eigenvalue weighted by atomic mass is 16.0. The molecule has 0 atom stereocenters. The molecule has 0 unspecified atom stereocenters. The van der Waals surface area contributed by atoms with Gasteiger partial charge in [-0.2, -0.15) is 0 Å². The van der Waals surface area contributed by atoms with Crippen LogP contribution in [0.1, 0.15) is 0 Å². The van der Waals surface area contributed by atoms with E-state index in [1.807, 2.05) is 48.8 Å². The van der Waals surface area contributed by atoms with Crippen molar-refractivity contribution in [2.24, 2.45) is 0 Å². The molecule has 0 bridgehead atoms. The van der Waals surface area contributed by atoms with Crippen LogP contribution in [0.4, 0.5) is 11.4 Å². The van der Waals surface area contributed by atoms with Gasteiger partial charge in [-0.3, -0.25) is 9.97 Å². The largest absolute Gasteiger partial charge is 0.412 e. The Bertz CT molecular complexity index is 1400. The van der Waals surface area contributed by atoms with Gasteiger partial charge < -0.3 is 26.1 Å². The zero-order valence-corrected chi connectivity index (χ0v) is 17.8. The second kappa shape index (κ2) is 9.25. The predicted octanol–water partition coefficient (Wildman–Crippen LogP) is 4.39. The fourth-order valence-corrected chi connectivity index (χ4v) is 3.82. The molecule has 164 valence electrons. The third-order valence-electron chi connectivity index (χ3n) is 5.37. The van der Waals surface area contributed by atoms with Crippen molar-refractivity contribution in [3.8, 4) is 11.4 Å². The number of rotatable bonds is 2. The summed E-state index contributed by atoms with van der Waals surface area (Å²) >= 11 is 0. The van der Waals surface area contributed by atoms with Crippen molar-refractivity contribution in [1.82, 2.24) is 19.1 Å². The Kier molecular flexibility index (Phi) is 6.06. The van der Waals surface area contributed by atoms with Crippen LogP contribution < -0.4 is 11.5 Å². The number of fused-ring (bicyclic) bond motifs is 2. The first kappa shape index (κ1) is 21.6. The smallest absolute Gasteiger partial charge is 0.0745 e. The Morgan fingerprint density at radius 2 is 0.970 bits per heavy atom. The average Bonchev–Trinajstić information content (AvgIpc) is 3.45. The van der Waals surface area contributed by atoms with Gasteiger partial charge >= 0.3 is 0 Å². The molecule has 6 aromatic rings. The number of aromatic nitrogens is 4. The Balaban J connectivity index is 0.000000152. The zero-order chi connectivity index (χ0) is 21.9. The average molecular weight is 437 g/mol. The lowest BCUT2D eigenvalue weighted by Gasteiger charge is -2.07. The lowest BCUT2D eigenvalue weighted by Crippen LogP contribution is -1.98. The van der Waals surface area contributed by atoms with Crippen LogP contribution in [0.3, 0.4) is 0 Å². The Morgan fingerprint density at radius 1 is 0.545 bits per heavy atom.